The van der Waals surface area contributed by atoms with Gasteiger partial charge < -0.3 is 14.4 Å². The number of hydrogen-bond donors (Lipinski definition) is 0. The minimum absolute atomic E-state index is 0.112. The zero-order valence-electron chi connectivity index (χ0n) is 15.1. The number of anilines is 1. The Balaban J connectivity index is 1.40. The number of rotatable bonds is 4. The van der Waals surface area contributed by atoms with Crippen LogP contribution in [0.3, 0.4) is 0 Å². The molecular formula is C19H21N7O. The topological polar surface area (TPSA) is 80.0 Å². The van der Waals surface area contributed by atoms with Gasteiger partial charge in [0.05, 0.1) is 12.4 Å². The molecule has 1 atom stereocenters. The first-order valence-electron chi connectivity index (χ1n) is 8.95. The summed E-state index contributed by atoms with van der Waals surface area (Å²) in [6, 6.07) is 5.74. The maximum absolute atomic E-state index is 12.6. The van der Waals surface area contributed by atoms with Crippen molar-refractivity contribution in [3.63, 3.8) is 0 Å². The van der Waals surface area contributed by atoms with E-state index in [2.05, 4.69) is 31.8 Å². The van der Waals surface area contributed by atoms with Gasteiger partial charge in [-0.1, -0.05) is 0 Å². The Labute approximate surface area is 157 Å². The molecule has 0 aromatic carbocycles. The van der Waals surface area contributed by atoms with Crippen molar-refractivity contribution in [1.82, 2.24) is 29.4 Å². The van der Waals surface area contributed by atoms with Gasteiger partial charge in [-0.05, 0) is 25.1 Å². The molecule has 0 radical (unpaired) electrons. The second-order valence-corrected chi connectivity index (χ2v) is 6.57. The minimum atomic E-state index is 0.112. The number of aromatic nitrogens is 5. The van der Waals surface area contributed by atoms with Crippen LogP contribution in [-0.4, -0.2) is 61.0 Å². The third kappa shape index (κ3) is 3.79. The molecule has 0 aliphatic carbocycles. The molecule has 0 saturated carbocycles. The molecule has 1 saturated heterocycles. The zero-order valence-corrected chi connectivity index (χ0v) is 15.1. The van der Waals surface area contributed by atoms with Crippen LogP contribution in [0.4, 0.5) is 5.82 Å². The van der Waals surface area contributed by atoms with E-state index < -0.39 is 0 Å². The highest BCUT2D eigenvalue weighted by Crippen LogP contribution is 2.18. The monoisotopic (exact) mass is 363 g/mol. The molecule has 3 aromatic heterocycles. The summed E-state index contributed by atoms with van der Waals surface area (Å²) in [6.07, 6.45) is 10.6. The summed E-state index contributed by atoms with van der Waals surface area (Å²) in [5.74, 6) is 1.50. The van der Waals surface area contributed by atoms with Gasteiger partial charge in [-0.25, -0.2) is 19.9 Å². The summed E-state index contributed by atoms with van der Waals surface area (Å²) >= 11 is 0. The Morgan fingerprint density at radius 1 is 1.04 bits per heavy atom. The normalized spacial score (nSPS) is 17.1. The van der Waals surface area contributed by atoms with E-state index >= 15 is 0 Å². The highest BCUT2D eigenvalue weighted by molar-refractivity contribution is 5.76. The number of amides is 1. The average molecular weight is 363 g/mol. The predicted octanol–water partition coefficient (Wildman–Crippen LogP) is 1.47. The summed E-state index contributed by atoms with van der Waals surface area (Å²) < 4.78 is 1.90. The molecule has 3 aromatic rings. The average Bonchev–Trinajstić information content (AvgIpc) is 3.21. The molecule has 1 unspecified atom stereocenters. The molecule has 4 rings (SSSR count). The smallest absolute Gasteiger partial charge is 0.242 e. The quantitative estimate of drug-likeness (QED) is 0.698. The molecule has 1 aliphatic rings. The van der Waals surface area contributed by atoms with E-state index in [4.69, 9.17) is 0 Å². The van der Waals surface area contributed by atoms with Crippen molar-refractivity contribution in [3.05, 3.63) is 55.4 Å². The van der Waals surface area contributed by atoms with Crippen LogP contribution >= 0.6 is 0 Å². The molecule has 4 heterocycles. The van der Waals surface area contributed by atoms with Crippen LogP contribution in [0.5, 0.6) is 0 Å². The van der Waals surface area contributed by atoms with Crippen molar-refractivity contribution >= 4 is 11.7 Å². The maximum atomic E-state index is 12.6. The van der Waals surface area contributed by atoms with E-state index in [1.54, 1.807) is 30.9 Å². The molecule has 8 heteroatoms. The molecule has 0 N–H and O–H groups in total. The Bertz CT molecular complexity index is 880. The van der Waals surface area contributed by atoms with Crippen LogP contribution in [0, 0.1) is 0 Å². The number of piperazine rings is 1. The third-order valence-corrected chi connectivity index (χ3v) is 4.69. The molecule has 1 fully saturated rings. The van der Waals surface area contributed by atoms with Crippen LogP contribution in [0.2, 0.25) is 0 Å². The molecule has 27 heavy (non-hydrogen) atoms. The Morgan fingerprint density at radius 2 is 1.81 bits per heavy atom. The lowest BCUT2D eigenvalue weighted by atomic mass is 10.2. The van der Waals surface area contributed by atoms with E-state index in [-0.39, 0.29) is 11.9 Å². The standard InChI is InChI=1S/C19H21N7O/c1-15-13-25(9-10-26(15)18(27)14-24-7-2-3-8-24)17-12-22-16(11-23-17)19-20-5-4-6-21-19/h2-8,11-12,15H,9-10,13-14H2,1H3. The van der Waals surface area contributed by atoms with Crippen LogP contribution in [0.25, 0.3) is 11.5 Å². The van der Waals surface area contributed by atoms with Gasteiger partial charge in [0, 0.05) is 50.5 Å². The minimum Gasteiger partial charge on any atom is -0.352 e. The Hall–Kier alpha value is -3.29. The number of nitrogens with zero attached hydrogens (tertiary/aromatic N) is 7. The SMILES string of the molecule is CC1CN(c2cnc(-c3ncccn3)cn2)CCN1C(=O)Cn1cccc1. The fourth-order valence-corrected chi connectivity index (χ4v) is 3.29. The lowest BCUT2D eigenvalue weighted by Crippen LogP contribution is -2.55. The highest BCUT2D eigenvalue weighted by Gasteiger charge is 2.28. The first-order valence-corrected chi connectivity index (χ1v) is 8.95. The van der Waals surface area contributed by atoms with Crippen LogP contribution < -0.4 is 4.90 Å². The molecule has 1 aliphatic heterocycles. The van der Waals surface area contributed by atoms with Gasteiger partial charge in [-0.3, -0.25) is 4.79 Å². The van der Waals surface area contributed by atoms with Crippen molar-refractivity contribution in [2.45, 2.75) is 19.5 Å². The molecule has 1 amide bonds. The summed E-state index contributed by atoms with van der Waals surface area (Å²) in [7, 11) is 0. The van der Waals surface area contributed by atoms with Crippen LogP contribution in [0.15, 0.2) is 55.4 Å². The number of carbonyl (C=O) groups is 1. The van der Waals surface area contributed by atoms with E-state index in [0.717, 1.165) is 18.9 Å². The van der Waals surface area contributed by atoms with Gasteiger partial charge in [0.15, 0.2) is 5.82 Å². The van der Waals surface area contributed by atoms with Crippen LogP contribution in [-0.2, 0) is 11.3 Å². The molecule has 0 spiro atoms. The van der Waals surface area contributed by atoms with E-state index in [1.165, 1.54) is 0 Å². The van der Waals surface area contributed by atoms with Crippen LogP contribution in [0.1, 0.15) is 6.92 Å². The van der Waals surface area contributed by atoms with Gasteiger partial charge in [-0.15, -0.1) is 0 Å². The lowest BCUT2D eigenvalue weighted by molar-refractivity contribution is -0.134. The van der Waals surface area contributed by atoms with Gasteiger partial charge >= 0.3 is 0 Å². The Morgan fingerprint density at radius 3 is 2.48 bits per heavy atom. The summed E-state index contributed by atoms with van der Waals surface area (Å²) in [5, 5.41) is 0. The molecule has 0 bridgehead atoms. The van der Waals surface area contributed by atoms with Gasteiger partial charge in [0.1, 0.15) is 18.1 Å². The first kappa shape index (κ1) is 17.1. The third-order valence-electron chi connectivity index (χ3n) is 4.69. The fourth-order valence-electron chi connectivity index (χ4n) is 3.29. The highest BCUT2D eigenvalue weighted by atomic mass is 16.2. The molecule has 8 nitrogen and oxygen atoms in total. The van der Waals surface area contributed by atoms with Crippen molar-refractivity contribution in [2.75, 3.05) is 24.5 Å². The molecular weight excluding hydrogens is 342 g/mol. The van der Waals surface area contributed by atoms with Crippen molar-refractivity contribution < 1.29 is 4.79 Å². The van der Waals surface area contributed by atoms with E-state index in [1.807, 2.05) is 34.0 Å². The van der Waals surface area contributed by atoms with Crippen molar-refractivity contribution in [3.8, 4) is 11.5 Å². The second-order valence-electron chi connectivity index (χ2n) is 6.57. The summed E-state index contributed by atoms with van der Waals surface area (Å²) in [5.41, 5.74) is 0.646. The largest absolute Gasteiger partial charge is 0.352 e. The predicted molar refractivity (Wildman–Crippen MR) is 101 cm³/mol. The second kappa shape index (κ2) is 7.53. The lowest BCUT2D eigenvalue weighted by Gasteiger charge is -2.40. The van der Waals surface area contributed by atoms with Crippen molar-refractivity contribution in [2.24, 2.45) is 0 Å². The number of carbonyl (C=O) groups excluding carboxylic acids is 1. The van der Waals surface area contributed by atoms with Gasteiger partial charge in [0.2, 0.25) is 5.91 Å². The summed E-state index contributed by atoms with van der Waals surface area (Å²) in [6.45, 7) is 4.58. The van der Waals surface area contributed by atoms with E-state index in [0.29, 0.717) is 24.6 Å². The summed E-state index contributed by atoms with van der Waals surface area (Å²) in [4.78, 5) is 34.0. The fraction of sp³-hybridized carbons (Fsp3) is 0.316. The van der Waals surface area contributed by atoms with Gasteiger partial charge in [0.25, 0.3) is 0 Å². The molecule has 138 valence electrons. The Kier molecular flexibility index (Phi) is 4.78. The zero-order chi connectivity index (χ0) is 18.6. The van der Waals surface area contributed by atoms with Crippen molar-refractivity contribution in [1.29, 1.82) is 0 Å². The first-order chi connectivity index (χ1) is 13.2. The number of hydrogen-bond acceptors (Lipinski definition) is 6. The van der Waals surface area contributed by atoms with E-state index in [9.17, 15) is 4.79 Å². The maximum Gasteiger partial charge on any atom is 0.242 e. The van der Waals surface area contributed by atoms with Gasteiger partial charge in [-0.2, -0.15) is 0 Å².